The number of nitrogens with zero attached hydrogens (tertiary/aromatic N) is 1. The van der Waals surface area contributed by atoms with Crippen LogP contribution in [0.25, 0.3) is 0 Å². The van der Waals surface area contributed by atoms with Crippen LogP contribution in [0.1, 0.15) is 0 Å². The number of benzene rings is 1. The van der Waals surface area contributed by atoms with Crippen molar-refractivity contribution in [3.63, 3.8) is 0 Å². The molecule has 0 aliphatic rings. The van der Waals surface area contributed by atoms with E-state index in [1.165, 1.54) is 0 Å². The third-order valence-corrected chi connectivity index (χ3v) is 1.82. The Kier molecular flexibility index (Phi) is 2.77. The summed E-state index contributed by atoms with van der Waals surface area (Å²) < 4.78 is 0. The van der Waals surface area contributed by atoms with Gasteiger partial charge in [-0.3, -0.25) is 0 Å². The van der Waals surface area contributed by atoms with Gasteiger partial charge in [0.1, 0.15) is 0 Å². The molecule has 0 saturated carbocycles. The smallest absolute Gasteiger partial charge is 0.0426 e. The van der Waals surface area contributed by atoms with Gasteiger partial charge in [-0.05, 0) is 25.1 Å². The Morgan fingerprint density at radius 3 is 2.82 bits per heavy atom. The van der Waals surface area contributed by atoms with Gasteiger partial charge in [0.2, 0.25) is 0 Å². The van der Waals surface area contributed by atoms with Crippen molar-refractivity contribution in [1.29, 1.82) is 0 Å². The van der Waals surface area contributed by atoms with Crippen LogP contribution in [-0.4, -0.2) is 13.6 Å². The molecule has 1 rings (SSSR count). The average Bonchev–Trinajstić information content (AvgIpc) is 2.03. The molecular weight excluding hydrogens is 158 g/mol. The largest absolute Gasteiger partial charge is 0.375 e. The Hall–Kier alpha value is -0.690. The lowest BCUT2D eigenvalue weighted by molar-refractivity contribution is 1.03. The van der Waals surface area contributed by atoms with Crippen molar-refractivity contribution in [3.05, 3.63) is 36.2 Å². The fourth-order valence-electron chi connectivity index (χ4n) is 0.843. The minimum atomic E-state index is 0.750. The molecule has 0 heterocycles. The second-order valence-electron chi connectivity index (χ2n) is 2.40. The van der Waals surface area contributed by atoms with Gasteiger partial charge in [0.15, 0.2) is 0 Å². The zero-order valence-corrected chi connectivity index (χ0v) is 7.30. The molecule has 0 spiro atoms. The molecule has 0 atom stereocenters. The topological polar surface area (TPSA) is 3.24 Å². The van der Waals surface area contributed by atoms with Gasteiger partial charge in [-0.25, -0.2) is 0 Å². The highest BCUT2D eigenvalue weighted by Crippen LogP contribution is 2.17. The number of halogens is 1. The Bertz CT molecular complexity index is 235. The van der Waals surface area contributed by atoms with Crippen molar-refractivity contribution in [3.8, 4) is 0 Å². The summed E-state index contributed by atoms with van der Waals surface area (Å²) >= 11 is 5.80. The van der Waals surface area contributed by atoms with Gasteiger partial charge in [0.25, 0.3) is 0 Å². The lowest BCUT2D eigenvalue weighted by Gasteiger charge is -2.16. The monoisotopic (exact) mass is 168 g/mol. The van der Waals surface area contributed by atoms with Gasteiger partial charge in [-0.2, -0.15) is 0 Å². The summed E-state index contributed by atoms with van der Waals surface area (Å²) in [5.41, 5.74) is 1.10. The molecule has 0 N–H and O–H groups in total. The molecule has 59 valence electrons. The Labute approximate surface area is 72.6 Å². The van der Waals surface area contributed by atoms with E-state index in [-0.39, 0.29) is 0 Å². The normalized spacial score (nSPS) is 9.73. The first-order valence-electron chi connectivity index (χ1n) is 3.50. The van der Waals surface area contributed by atoms with Crippen LogP contribution in [0, 0.1) is 6.92 Å². The first-order chi connectivity index (χ1) is 5.24. The van der Waals surface area contributed by atoms with E-state index in [4.69, 9.17) is 11.6 Å². The van der Waals surface area contributed by atoms with Crippen molar-refractivity contribution >= 4 is 17.3 Å². The second-order valence-corrected chi connectivity index (χ2v) is 2.84. The predicted molar refractivity (Wildman–Crippen MR) is 50.1 cm³/mol. The quantitative estimate of drug-likeness (QED) is 0.656. The van der Waals surface area contributed by atoms with Gasteiger partial charge in [0.05, 0.1) is 0 Å². The summed E-state index contributed by atoms with van der Waals surface area (Å²) in [7, 11) is 1.98. The minimum Gasteiger partial charge on any atom is -0.375 e. The summed E-state index contributed by atoms with van der Waals surface area (Å²) in [6.45, 7) is 4.52. The number of rotatable bonds is 2. The molecule has 11 heavy (non-hydrogen) atoms. The van der Waals surface area contributed by atoms with E-state index in [0.29, 0.717) is 0 Å². The van der Waals surface area contributed by atoms with E-state index < -0.39 is 0 Å². The Balaban J connectivity index is 2.86. The SMILES string of the molecule is [CH2]CN(C)c1cccc(Cl)c1. The second kappa shape index (κ2) is 3.63. The fraction of sp³-hybridized carbons (Fsp3) is 0.222. The van der Waals surface area contributed by atoms with Gasteiger partial charge in [-0.1, -0.05) is 17.7 Å². The van der Waals surface area contributed by atoms with Crippen LogP contribution in [0.3, 0.4) is 0 Å². The maximum atomic E-state index is 5.80. The van der Waals surface area contributed by atoms with E-state index in [2.05, 4.69) is 6.92 Å². The first-order valence-corrected chi connectivity index (χ1v) is 3.88. The highest BCUT2D eigenvalue weighted by Gasteiger charge is 1.96. The van der Waals surface area contributed by atoms with Crippen molar-refractivity contribution in [2.45, 2.75) is 0 Å². The first kappa shape index (κ1) is 8.41. The van der Waals surface area contributed by atoms with Crippen LogP contribution in [0.5, 0.6) is 0 Å². The highest BCUT2D eigenvalue weighted by atomic mass is 35.5. The van der Waals surface area contributed by atoms with E-state index in [9.17, 15) is 0 Å². The summed E-state index contributed by atoms with van der Waals surface area (Å²) in [5.74, 6) is 0. The molecular formula is C9H11ClN. The molecule has 0 aromatic heterocycles. The number of hydrogen-bond acceptors (Lipinski definition) is 1. The van der Waals surface area contributed by atoms with E-state index in [1.807, 2.05) is 36.2 Å². The summed E-state index contributed by atoms with van der Waals surface area (Å²) in [6.07, 6.45) is 0. The standard InChI is InChI=1S/C9H11ClN/c1-3-11(2)9-6-4-5-8(10)7-9/h4-7H,1,3H2,2H3. The van der Waals surface area contributed by atoms with Crippen LogP contribution < -0.4 is 4.90 Å². The van der Waals surface area contributed by atoms with Gasteiger partial charge in [0, 0.05) is 24.3 Å². The van der Waals surface area contributed by atoms with E-state index >= 15 is 0 Å². The van der Waals surface area contributed by atoms with Crippen molar-refractivity contribution < 1.29 is 0 Å². The van der Waals surface area contributed by atoms with Crippen LogP contribution >= 0.6 is 11.6 Å². The summed E-state index contributed by atoms with van der Waals surface area (Å²) in [4.78, 5) is 2.03. The van der Waals surface area contributed by atoms with Crippen molar-refractivity contribution in [1.82, 2.24) is 0 Å². The number of anilines is 1. The van der Waals surface area contributed by atoms with Gasteiger partial charge >= 0.3 is 0 Å². The predicted octanol–water partition coefficient (Wildman–Crippen LogP) is 2.61. The molecule has 0 amide bonds. The molecule has 2 heteroatoms. The molecule has 1 nitrogen and oxygen atoms in total. The molecule has 0 aliphatic carbocycles. The van der Waals surface area contributed by atoms with Crippen LogP contribution in [-0.2, 0) is 0 Å². The fourth-order valence-corrected chi connectivity index (χ4v) is 1.03. The lowest BCUT2D eigenvalue weighted by Crippen LogP contribution is -2.15. The zero-order valence-electron chi connectivity index (χ0n) is 6.55. The number of hydrogen-bond donors (Lipinski definition) is 0. The minimum absolute atomic E-state index is 0.750. The molecule has 0 fully saturated rings. The summed E-state index contributed by atoms with van der Waals surface area (Å²) in [5, 5.41) is 0.766. The van der Waals surface area contributed by atoms with Crippen LogP contribution in [0.15, 0.2) is 24.3 Å². The van der Waals surface area contributed by atoms with Crippen LogP contribution in [0.2, 0.25) is 5.02 Å². The average molecular weight is 169 g/mol. The Morgan fingerprint density at radius 1 is 1.55 bits per heavy atom. The third kappa shape index (κ3) is 2.12. The molecule has 0 unspecified atom stereocenters. The third-order valence-electron chi connectivity index (χ3n) is 1.58. The molecule has 0 saturated heterocycles. The van der Waals surface area contributed by atoms with Gasteiger partial charge < -0.3 is 4.90 Å². The molecule has 1 aromatic carbocycles. The molecule has 0 bridgehead atoms. The Morgan fingerprint density at radius 2 is 2.27 bits per heavy atom. The van der Waals surface area contributed by atoms with E-state index in [1.54, 1.807) is 0 Å². The van der Waals surface area contributed by atoms with Crippen molar-refractivity contribution in [2.24, 2.45) is 0 Å². The summed E-state index contributed by atoms with van der Waals surface area (Å²) in [6, 6.07) is 7.73. The highest BCUT2D eigenvalue weighted by molar-refractivity contribution is 6.30. The molecule has 1 aromatic rings. The van der Waals surface area contributed by atoms with Crippen LogP contribution in [0.4, 0.5) is 5.69 Å². The molecule has 1 radical (unpaired) electrons. The zero-order chi connectivity index (χ0) is 8.27. The maximum Gasteiger partial charge on any atom is 0.0426 e. The van der Waals surface area contributed by atoms with Gasteiger partial charge in [-0.15, -0.1) is 0 Å². The van der Waals surface area contributed by atoms with E-state index in [0.717, 1.165) is 17.3 Å². The maximum absolute atomic E-state index is 5.80. The van der Waals surface area contributed by atoms with Crippen molar-refractivity contribution in [2.75, 3.05) is 18.5 Å². The molecule has 0 aliphatic heterocycles. The lowest BCUT2D eigenvalue weighted by atomic mass is 10.3.